The third kappa shape index (κ3) is 4.44. The van der Waals surface area contributed by atoms with Crippen molar-refractivity contribution in [1.82, 2.24) is 0 Å². The molecule has 0 aliphatic carbocycles. The predicted octanol–water partition coefficient (Wildman–Crippen LogP) is 2.72. The highest BCUT2D eigenvalue weighted by Crippen LogP contribution is 2.36. The summed E-state index contributed by atoms with van der Waals surface area (Å²) in [6, 6.07) is 6.94. The van der Waals surface area contributed by atoms with E-state index >= 15 is 0 Å². The molecule has 0 atom stereocenters. The third-order valence-electron chi connectivity index (χ3n) is 3.96. The van der Waals surface area contributed by atoms with E-state index in [1.807, 2.05) is 13.0 Å². The maximum atomic E-state index is 12.2. The summed E-state index contributed by atoms with van der Waals surface area (Å²) in [7, 11) is 3.81. The van der Waals surface area contributed by atoms with E-state index in [2.05, 4.69) is 4.74 Å². The maximum Gasteiger partial charge on any atom is 0.338 e. The van der Waals surface area contributed by atoms with E-state index in [-0.39, 0.29) is 6.42 Å². The first-order valence-corrected chi connectivity index (χ1v) is 8.04. The van der Waals surface area contributed by atoms with Crippen molar-refractivity contribution in [1.29, 1.82) is 0 Å². The van der Waals surface area contributed by atoms with Crippen LogP contribution in [0, 0.1) is 6.92 Å². The van der Waals surface area contributed by atoms with Crippen molar-refractivity contribution in [2.45, 2.75) is 13.3 Å². The van der Waals surface area contributed by atoms with Gasteiger partial charge in [-0.3, -0.25) is 4.79 Å². The number of hydrogen-bond donors (Lipinski definition) is 0. The number of hydrogen-bond acceptors (Lipinski definition) is 7. The first-order valence-electron chi connectivity index (χ1n) is 8.04. The topological polar surface area (TPSA) is 88.1 Å². The molecule has 0 amide bonds. The fourth-order valence-electron chi connectivity index (χ4n) is 2.67. The molecule has 0 bridgehead atoms. The molecular formula is C20H20O7. The second-order valence-electron chi connectivity index (χ2n) is 5.60. The lowest BCUT2D eigenvalue weighted by Gasteiger charge is -2.16. The van der Waals surface area contributed by atoms with Crippen molar-refractivity contribution in [2.24, 2.45) is 0 Å². The Morgan fingerprint density at radius 3 is 2.41 bits per heavy atom. The molecule has 2 aromatic carbocycles. The van der Waals surface area contributed by atoms with Gasteiger partial charge in [0.25, 0.3) is 0 Å². The van der Waals surface area contributed by atoms with Crippen LogP contribution in [0.3, 0.4) is 0 Å². The molecule has 0 aliphatic rings. The molecule has 0 aromatic heterocycles. The van der Waals surface area contributed by atoms with Crippen molar-refractivity contribution in [2.75, 3.05) is 21.3 Å². The SMILES string of the molecule is COC(=O)/C=C/Oc1c(CC(=O)OC)cc(C(=O)OC)c2cccc(C)c12. The first kappa shape index (κ1) is 20.0. The molecule has 0 N–H and O–H groups in total. The van der Waals surface area contributed by atoms with Crippen LogP contribution in [0.15, 0.2) is 36.6 Å². The van der Waals surface area contributed by atoms with Crippen LogP contribution in [-0.4, -0.2) is 39.2 Å². The van der Waals surface area contributed by atoms with Gasteiger partial charge in [-0.2, -0.15) is 0 Å². The quantitative estimate of drug-likeness (QED) is 0.333. The molecular weight excluding hydrogens is 352 g/mol. The number of benzene rings is 2. The normalized spacial score (nSPS) is 10.7. The van der Waals surface area contributed by atoms with Crippen LogP contribution >= 0.6 is 0 Å². The molecule has 0 aliphatic heterocycles. The first-order chi connectivity index (χ1) is 12.9. The standard InChI is InChI=1S/C20H20O7/c1-12-6-5-7-14-15(20(23)26-4)10-13(11-17(22)25-3)19(18(12)14)27-9-8-16(21)24-2/h5-10H,11H2,1-4H3/b9-8+. The Morgan fingerprint density at radius 2 is 1.78 bits per heavy atom. The van der Waals surface area contributed by atoms with E-state index in [9.17, 15) is 14.4 Å². The van der Waals surface area contributed by atoms with Gasteiger partial charge in [-0.15, -0.1) is 0 Å². The number of carbonyl (C=O) groups is 3. The summed E-state index contributed by atoms with van der Waals surface area (Å²) >= 11 is 0. The van der Waals surface area contributed by atoms with Crippen molar-refractivity contribution >= 4 is 28.7 Å². The van der Waals surface area contributed by atoms with Gasteiger partial charge in [0.05, 0.1) is 45.7 Å². The highest BCUT2D eigenvalue weighted by Gasteiger charge is 2.21. The summed E-state index contributed by atoms with van der Waals surface area (Å²) in [6.45, 7) is 1.85. The third-order valence-corrected chi connectivity index (χ3v) is 3.96. The highest BCUT2D eigenvalue weighted by molar-refractivity contribution is 6.08. The van der Waals surface area contributed by atoms with Gasteiger partial charge in [0.2, 0.25) is 0 Å². The van der Waals surface area contributed by atoms with Crippen LogP contribution in [0.25, 0.3) is 10.8 Å². The molecule has 7 nitrogen and oxygen atoms in total. The molecule has 0 unspecified atom stereocenters. The van der Waals surface area contributed by atoms with E-state index in [1.54, 1.807) is 12.1 Å². The zero-order valence-electron chi connectivity index (χ0n) is 15.5. The molecule has 27 heavy (non-hydrogen) atoms. The largest absolute Gasteiger partial charge is 0.469 e. The van der Waals surface area contributed by atoms with Crippen LogP contribution in [0.2, 0.25) is 0 Å². The molecule has 0 radical (unpaired) electrons. The second kappa shape index (κ2) is 8.84. The van der Waals surface area contributed by atoms with E-state index < -0.39 is 17.9 Å². The highest BCUT2D eigenvalue weighted by atomic mass is 16.5. The maximum absolute atomic E-state index is 12.2. The van der Waals surface area contributed by atoms with Gasteiger partial charge in [0.1, 0.15) is 5.75 Å². The van der Waals surface area contributed by atoms with Crippen LogP contribution in [0.5, 0.6) is 5.75 Å². The average Bonchev–Trinajstić information content (AvgIpc) is 2.68. The summed E-state index contributed by atoms with van der Waals surface area (Å²) < 4.78 is 19.8. The van der Waals surface area contributed by atoms with E-state index in [0.717, 1.165) is 11.6 Å². The Kier molecular flexibility index (Phi) is 6.54. The number of carbonyl (C=O) groups excluding carboxylic acids is 3. The molecule has 2 rings (SSSR count). The molecule has 7 heteroatoms. The lowest BCUT2D eigenvalue weighted by atomic mass is 9.95. The number of esters is 3. The molecule has 0 saturated carbocycles. The van der Waals surface area contributed by atoms with E-state index in [0.29, 0.717) is 27.6 Å². The molecule has 142 valence electrons. The Morgan fingerprint density at radius 1 is 1.04 bits per heavy atom. The summed E-state index contributed by atoms with van der Waals surface area (Å²) in [5.41, 5.74) is 1.56. The summed E-state index contributed by atoms with van der Waals surface area (Å²) in [5.74, 6) is -1.27. The second-order valence-corrected chi connectivity index (χ2v) is 5.60. The van der Waals surface area contributed by atoms with Crippen LogP contribution in [-0.2, 0) is 30.2 Å². The predicted molar refractivity (Wildman–Crippen MR) is 97.5 cm³/mol. The number of aryl methyl sites for hydroxylation is 1. The zero-order valence-corrected chi connectivity index (χ0v) is 15.5. The van der Waals surface area contributed by atoms with Crippen LogP contribution in [0.1, 0.15) is 21.5 Å². The summed E-state index contributed by atoms with van der Waals surface area (Å²) in [6.07, 6.45) is 2.16. The van der Waals surface area contributed by atoms with E-state index in [4.69, 9.17) is 14.2 Å². The van der Waals surface area contributed by atoms with Gasteiger partial charge in [0.15, 0.2) is 0 Å². The Labute approximate surface area is 156 Å². The van der Waals surface area contributed by atoms with Gasteiger partial charge in [-0.25, -0.2) is 9.59 Å². The van der Waals surface area contributed by atoms with Gasteiger partial charge < -0.3 is 18.9 Å². The zero-order chi connectivity index (χ0) is 20.0. The van der Waals surface area contributed by atoms with E-state index in [1.165, 1.54) is 33.7 Å². The van der Waals surface area contributed by atoms with Crippen molar-refractivity contribution in [3.8, 4) is 5.75 Å². The number of fused-ring (bicyclic) bond motifs is 1. The minimum absolute atomic E-state index is 0.119. The summed E-state index contributed by atoms with van der Waals surface area (Å²) in [4.78, 5) is 35.4. The smallest absolute Gasteiger partial charge is 0.338 e. The number of rotatable bonds is 6. The molecule has 2 aromatic rings. The van der Waals surface area contributed by atoms with Gasteiger partial charge in [0, 0.05) is 16.3 Å². The van der Waals surface area contributed by atoms with Crippen LogP contribution < -0.4 is 4.74 Å². The fourth-order valence-corrected chi connectivity index (χ4v) is 2.67. The van der Waals surface area contributed by atoms with Gasteiger partial charge in [-0.05, 0) is 18.6 Å². The molecule has 0 heterocycles. The molecule has 0 spiro atoms. The minimum atomic E-state index is -0.586. The summed E-state index contributed by atoms with van der Waals surface area (Å²) in [5, 5.41) is 1.24. The monoisotopic (exact) mass is 372 g/mol. The average molecular weight is 372 g/mol. The van der Waals surface area contributed by atoms with Crippen molar-refractivity contribution in [3.63, 3.8) is 0 Å². The molecule has 0 fully saturated rings. The fraction of sp³-hybridized carbons (Fsp3) is 0.250. The molecule has 0 saturated heterocycles. The number of ether oxygens (including phenoxy) is 4. The number of methoxy groups -OCH3 is 3. The van der Waals surface area contributed by atoms with Gasteiger partial charge in [-0.1, -0.05) is 18.2 Å². The minimum Gasteiger partial charge on any atom is -0.469 e. The van der Waals surface area contributed by atoms with Crippen molar-refractivity contribution < 1.29 is 33.3 Å². The van der Waals surface area contributed by atoms with Gasteiger partial charge >= 0.3 is 17.9 Å². The lowest BCUT2D eigenvalue weighted by Crippen LogP contribution is -2.10. The Hall–Kier alpha value is -3.35. The van der Waals surface area contributed by atoms with Crippen molar-refractivity contribution in [3.05, 3.63) is 53.3 Å². The Balaban J connectivity index is 2.73. The Bertz CT molecular complexity index is 912. The lowest BCUT2D eigenvalue weighted by molar-refractivity contribution is -0.140. The van der Waals surface area contributed by atoms with Crippen LogP contribution in [0.4, 0.5) is 0 Å².